The van der Waals surface area contributed by atoms with Crippen LogP contribution in [0.25, 0.3) is 0 Å². The first kappa shape index (κ1) is 11.7. The van der Waals surface area contributed by atoms with Crippen LogP contribution in [0.3, 0.4) is 0 Å². The fraction of sp³-hybridized carbons (Fsp3) is 0.222. The van der Waals surface area contributed by atoms with E-state index in [4.69, 9.17) is 23.2 Å². The normalized spacial score (nSPS) is 9.93. The Hall–Kier alpha value is -0.380. The molecule has 0 saturated heterocycles. The maximum atomic E-state index is 10.5. The van der Waals surface area contributed by atoms with Gasteiger partial charge in [-0.05, 0) is 24.1 Å². The third-order valence-corrected chi connectivity index (χ3v) is 2.57. The highest BCUT2D eigenvalue weighted by atomic mass is 35.5. The van der Waals surface area contributed by atoms with Crippen LogP contribution in [0.2, 0.25) is 10.0 Å². The van der Waals surface area contributed by atoms with Crippen LogP contribution in [0.4, 0.5) is 4.79 Å². The summed E-state index contributed by atoms with van der Waals surface area (Å²) < 4.78 is 0. The predicted octanol–water partition coefficient (Wildman–Crippen LogP) is 3.18. The number of nitrogens with one attached hydrogen (secondary N) is 1. The Balaban J connectivity index is 2.51. The Morgan fingerprint density at radius 1 is 1.36 bits per heavy atom. The second kappa shape index (κ2) is 5.49. The first-order valence-electron chi connectivity index (χ1n) is 4.00. The number of benzene rings is 1. The van der Waals surface area contributed by atoms with E-state index in [1.165, 1.54) is 0 Å². The molecule has 0 atom stereocenters. The Kier molecular flexibility index (Phi) is 4.58. The van der Waals surface area contributed by atoms with Crippen LogP contribution in [0.1, 0.15) is 5.56 Å². The average molecular weight is 250 g/mol. The first-order chi connectivity index (χ1) is 6.59. The highest BCUT2D eigenvalue weighted by molar-refractivity contribution is 7.96. The smallest absolute Gasteiger partial charge is 0.275 e. The Morgan fingerprint density at radius 3 is 2.64 bits per heavy atom. The Bertz CT molecular complexity index is 344. The van der Waals surface area contributed by atoms with E-state index in [9.17, 15) is 4.79 Å². The molecule has 14 heavy (non-hydrogen) atoms. The van der Waals surface area contributed by atoms with E-state index in [0.29, 0.717) is 23.0 Å². The van der Waals surface area contributed by atoms with Gasteiger partial charge in [0.15, 0.2) is 0 Å². The summed E-state index contributed by atoms with van der Waals surface area (Å²) in [6, 6.07) is 5.40. The van der Waals surface area contributed by atoms with Gasteiger partial charge in [0.2, 0.25) is 0 Å². The molecule has 76 valence electrons. The largest absolute Gasteiger partial charge is 0.347 e. The Morgan fingerprint density at radius 2 is 2.07 bits per heavy atom. The van der Waals surface area contributed by atoms with Crippen molar-refractivity contribution in [3.05, 3.63) is 33.8 Å². The van der Waals surface area contributed by atoms with E-state index >= 15 is 0 Å². The van der Waals surface area contributed by atoms with Gasteiger partial charge in [0.1, 0.15) is 0 Å². The van der Waals surface area contributed by atoms with Crippen LogP contribution >= 0.6 is 35.8 Å². The second-order valence-electron chi connectivity index (χ2n) is 2.73. The summed E-state index contributed by atoms with van der Waals surface area (Å²) in [7, 11) is 0. The van der Waals surface area contributed by atoms with E-state index in [2.05, 4.69) is 17.9 Å². The number of halogens is 2. The molecule has 1 N–H and O–H groups in total. The zero-order valence-corrected chi connectivity index (χ0v) is 9.66. The molecule has 2 nitrogen and oxygen atoms in total. The molecule has 0 aromatic heterocycles. The molecule has 5 heteroatoms. The lowest BCUT2D eigenvalue weighted by atomic mass is 10.1. The topological polar surface area (TPSA) is 29.1 Å². The molecule has 0 aliphatic rings. The standard InChI is InChI=1S/C9H9Cl2NOS/c10-7-2-1-6(5-8(7)11)3-4-12-9(13)14/h1-2,5H,3-4H2,(H2,12,13,14). The number of thiol groups is 1. The lowest BCUT2D eigenvalue weighted by Crippen LogP contribution is -2.19. The number of amides is 1. The molecule has 1 aromatic rings. The Labute approximate surface area is 98.0 Å². The molecule has 1 aromatic carbocycles. The van der Waals surface area contributed by atoms with Crippen LogP contribution in [-0.4, -0.2) is 11.8 Å². The van der Waals surface area contributed by atoms with E-state index in [1.54, 1.807) is 12.1 Å². The zero-order valence-electron chi connectivity index (χ0n) is 7.26. The minimum Gasteiger partial charge on any atom is -0.347 e. The van der Waals surface area contributed by atoms with Gasteiger partial charge in [-0.25, -0.2) is 0 Å². The van der Waals surface area contributed by atoms with Gasteiger partial charge in [-0.3, -0.25) is 4.79 Å². The SMILES string of the molecule is O=C(S)NCCc1ccc(Cl)c(Cl)c1. The van der Waals surface area contributed by atoms with E-state index < -0.39 is 0 Å². The summed E-state index contributed by atoms with van der Waals surface area (Å²) in [4.78, 5) is 10.5. The number of hydrogen-bond acceptors (Lipinski definition) is 1. The van der Waals surface area contributed by atoms with Crippen LogP contribution in [0.15, 0.2) is 18.2 Å². The fourth-order valence-electron chi connectivity index (χ4n) is 1.01. The molecule has 0 heterocycles. The highest BCUT2D eigenvalue weighted by Gasteiger charge is 1.99. The van der Waals surface area contributed by atoms with Crippen molar-refractivity contribution in [2.45, 2.75) is 6.42 Å². The molecule has 0 aliphatic carbocycles. The van der Waals surface area contributed by atoms with Gasteiger partial charge in [0.25, 0.3) is 5.24 Å². The van der Waals surface area contributed by atoms with Crippen LogP contribution in [0.5, 0.6) is 0 Å². The van der Waals surface area contributed by atoms with Gasteiger partial charge in [-0.2, -0.15) is 0 Å². The highest BCUT2D eigenvalue weighted by Crippen LogP contribution is 2.22. The molecule has 1 amide bonds. The number of carbonyl (C=O) groups excluding carboxylic acids is 1. The summed E-state index contributed by atoms with van der Waals surface area (Å²) in [5, 5.41) is 3.31. The molecular weight excluding hydrogens is 241 g/mol. The van der Waals surface area contributed by atoms with Crippen molar-refractivity contribution >= 4 is 41.1 Å². The second-order valence-corrected chi connectivity index (χ2v) is 3.95. The average Bonchev–Trinajstić information content (AvgIpc) is 2.10. The van der Waals surface area contributed by atoms with Crippen molar-refractivity contribution < 1.29 is 4.79 Å². The summed E-state index contributed by atoms with van der Waals surface area (Å²) in [6.07, 6.45) is 0.711. The van der Waals surface area contributed by atoms with Gasteiger partial charge < -0.3 is 5.32 Å². The van der Waals surface area contributed by atoms with Crippen LogP contribution in [0, 0.1) is 0 Å². The van der Waals surface area contributed by atoms with Gasteiger partial charge >= 0.3 is 0 Å². The van der Waals surface area contributed by atoms with Crippen molar-refractivity contribution in [3.8, 4) is 0 Å². The lowest BCUT2D eigenvalue weighted by molar-refractivity contribution is 0.261. The lowest BCUT2D eigenvalue weighted by Gasteiger charge is -2.03. The van der Waals surface area contributed by atoms with Crippen molar-refractivity contribution in [2.75, 3.05) is 6.54 Å². The third kappa shape index (κ3) is 3.78. The van der Waals surface area contributed by atoms with Crippen molar-refractivity contribution in [2.24, 2.45) is 0 Å². The molecule has 1 rings (SSSR count). The predicted molar refractivity (Wildman–Crippen MR) is 62.6 cm³/mol. The molecule has 0 fully saturated rings. The quantitative estimate of drug-likeness (QED) is 0.792. The third-order valence-electron chi connectivity index (χ3n) is 1.67. The zero-order chi connectivity index (χ0) is 10.6. The molecule has 0 unspecified atom stereocenters. The van der Waals surface area contributed by atoms with E-state index in [1.807, 2.05) is 6.07 Å². The number of rotatable bonds is 3. The van der Waals surface area contributed by atoms with Crippen LogP contribution < -0.4 is 5.32 Å². The van der Waals surface area contributed by atoms with Crippen molar-refractivity contribution in [1.29, 1.82) is 0 Å². The van der Waals surface area contributed by atoms with Gasteiger partial charge in [-0.1, -0.05) is 41.9 Å². The van der Waals surface area contributed by atoms with E-state index in [-0.39, 0.29) is 5.24 Å². The molecule has 0 radical (unpaired) electrons. The first-order valence-corrected chi connectivity index (χ1v) is 5.20. The molecular formula is C9H9Cl2NOS. The van der Waals surface area contributed by atoms with E-state index in [0.717, 1.165) is 5.56 Å². The summed E-state index contributed by atoms with van der Waals surface area (Å²) in [6.45, 7) is 0.542. The van der Waals surface area contributed by atoms with Gasteiger partial charge in [0, 0.05) is 6.54 Å². The monoisotopic (exact) mass is 249 g/mol. The maximum Gasteiger partial charge on any atom is 0.275 e. The number of carbonyl (C=O) groups is 1. The summed E-state index contributed by atoms with van der Waals surface area (Å²) in [5.41, 5.74) is 1.03. The maximum absolute atomic E-state index is 10.5. The molecule has 0 aliphatic heterocycles. The minimum atomic E-state index is -0.329. The summed E-state index contributed by atoms with van der Waals surface area (Å²) in [5.74, 6) is 0. The van der Waals surface area contributed by atoms with Crippen molar-refractivity contribution in [3.63, 3.8) is 0 Å². The fourth-order valence-corrected chi connectivity index (χ4v) is 1.44. The van der Waals surface area contributed by atoms with Crippen molar-refractivity contribution in [1.82, 2.24) is 5.32 Å². The van der Waals surface area contributed by atoms with Crippen LogP contribution in [-0.2, 0) is 6.42 Å². The molecule has 0 bridgehead atoms. The molecule has 0 spiro atoms. The van der Waals surface area contributed by atoms with Gasteiger partial charge in [0.05, 0.1) is 10.0 Å². The molecule has 0 saturated carbocycles. The minimum absolute atomic E-state index is 0.329. The van der Waals surface area contributed by atoms with Gasteiger partial charge in [-0.15, -0.1) is 0 Å². The summed E-state index contributed by atoms with van der Waals surface area (Å²) >= 11 is 15.2. The number of hydrogen-bond donors (Lipinski definition) is 2.